The van der Waals surface area contributed by atoms with Gasteiger partial charge in [0.15, 0.2) is 6.29 Å². The van der Waals surface area contributed by atoms with Gasteiger partial charge >= 0.3 is 0 Å². The second-order valence-corrected chi connectivity index (χ2v) is 9.17. The maximum atomic E-state index is 11.5. The first-order valence-electron chi connectivity index (χ1n) is 12.3. The molecule has 0 aromatic heterocycles. The molecule has 1 aliphatic carbocycles. The Bertz CT molecular complexity index is 906. The van der Waals surface area contributed by atoms with Crippen LogP contribution in [0.2, 0.25) is 0 Å². The molecule has 1 heterocycles. The summed E-state index contributed by atoms with van der Waals surface area (Å²) in [5.41, 5.74) is 1.13. The molecule has 1 aliphatic heterocycles. The Morgan fingerprint density at radius 1 is 1.03 bits per heavy atom. The number of nitrogens with zero attached hydrogens (tertiary/aromatic N) is 1. The molecule has 190 valence electrons. The lowest BCUT2D eigenvalue weighted by atomic mass is 9.90. The smallest absolute Gasteiger partial charge is 0.254 e. The standard InChI is InChI=1S/C27H35NO7/c29-20(13-12-19-8-4-3-5-9-19)14-15-22-21(23(30)18-24(22)31)10-6-1-2-7-11-27(34)35-28-25(32)16-17-26(28)33/h1,3-6,8-9,20-24,27,29-31,34H,2,7,10-13,16-18H2/b6-1-/t20-,21+,22+,23-,24+,27?/m0/s1. The minimum atomic E-state index is -1.23. The van der Waals surface area contributed by atoms with E-state index in [-0.39, 0.29) is 31.6 Å². The van der Waals surface area contributed by atoms with Crippen molar-refractivity contribution in [1.29, 1.82) is 0 Å². The van der Waals surface area contributed by atoms with E-state index in [1.165, 1.54) is 0 Å². The Balaban J connectivity index is 1.39. The number of unbranched alkanes of at least 4 members (excludes halogenated alkanes) is 1. The molecular formula is C27H35NO7. The van der Waals surface area contributed by atoms with E-state index < -0.39 is 42.3 Å². The molecule has 8 nitrogen and oxygen atoms in total. The number of aliphatic hydroxyl groups excluding tert-OH is 4. The number of allylic oxidation sites excluding steroid dienone is 2. The molecule has 2 amide bonds. The molecular weight excluding hydrogens is 450 g/mol. The van der Waals surface area contributed by atoms with Crippen LogP contribution < -0.4 is 0 Å². The van der Waals surface area contributed by atoms with Crippen LogP contribution >= 0.6 is 0 Å². The van der Waals surface area contributed by atoms with Crippen LogP contribution in [0.5, 0.6) is 0 Å². The molecule has 1 saturated carbocycles. The fourth-order valence-corrected chi connectivity index (χ4v) is 4.44. The average Bonchev–Trinajstić information content (AvgIpc) is 3.30. The maximum absolute atomic E-state index is 11.5. The summed E-state index contributed by atoms with van der Waals surface area (Å²) in [6.45, 7) is 0. The second kappa shape index (κ2) is 13.5. The molecule has 0 spiro atoms. The van der Waals surface area contributed by atoms with Crippen molar-refractivity contribution in [3.8, 4) is 11.8 Å². The number of imide groups is 1. The van der Waals surface area contributed by atoms with Gasteiger partial charge in [0.05, 0.1) is 18.1 Å². The largest absolute Gasteiger partial charge is 0.393 e. The number of benzene rings is 1. The number of aliphatic hydroxyl groups is 4. The van der Waals surface area contributed by atoms with Gasteiger partial charge in [-0.1, -0.05) is 54.3 Å². The van der Waals surface area contributed by atoms with E-state index in [4.69, 9.17) is 4.84 Å². The van der Waals surface area contributed by atoms with Gasteiger partial charge in [-0.05, 0) is 37.7 Å². The summed E-state index contributed by atoms with van der Waals surface area (Å²) in [6, 6.07) is 9.86. The zero-order valence-electron chi connectivity index (χ0n) is 19.8. The summed E-state index contributed by atoms with van der Waals surface area (Å²) in [5, 5.41) is 41.5. The van der Waals surface area contributed by atoms with Gasteiger partial charge in [0.2, 0.25) is 0 Å². The molecule has 3 rings (SSSR count). The van der Waals surface area contributed by atoms with Crippen molar-refractivity contribution in [1.82, 2.24) is 5.06 Å². The molecule has 2 fully saturated rings. The fraction of sp³-hybridized carbons (Fsp3) is 0.556. The molecule has 4 N–H and O–H groups in total. The predicted octanol–water partition coefficient (Wildman–Crippen LogP) is 1.86. The molecule has 0 radical (unpaired) electrons. The Kier molecular flexibility index (Phi) is 10.5. The number of hydrogen-bond donors (Lipinski definition) is 4. The Morgan fingerprint density at radius 3 is 2.46 bits per heavy atom. The monoisotopic (exact) mass is 485 g/mol. The van der Waals surface area contributed by atoms with Gasteiger partial charge in [-0.25, -0.2) is 4.84 Å². The van der Waals surface area contributed by atoms with Gasteiger partial charge in [-0.3, -0.25) is 9.59 Å². The van der Waals surface area contributed by atoms with Crippen molar-refractivity contribution in [3.05, 3.63) is 48.0 Å². The summed E-state index contributed by atoms with van der Waals surface area (Å²) >= 11 is 0. The first kappa shape index (κ1) is 27.1. The van der Waals surface area contributed by atoms with Crippen LogP contribution in [0.15, 0.2) is 42.5 Å². The summed E-state index contributed by atoms with van der Waals surface area (Å²) in [7, 11) is 0. The molecule has 1 saturated heterocycles. The zero-order valence-corrected chi connectivity index (χ0v) is 19.8. The summed E-state index contributed by atoms with van der Waals surface area (Å²) in [6.07, 6.45) is 4.13. The molecule has 1 unspecified atom stereocenters. The number of carbonyl (C=O) groups excluding carboxylic acids is 2. The van der Waals surface area contributed by atoms with Crippen molar-refractivity contribution in [2.24, 2.45) is 11.8 Å². The van der Waals surface area contributed by atoms with Gasteiger partial charge in [-0.2, -0.15) is 5.06 Å². The normalized spacial score (nSPS) is 26.2. The van der Waals surface area contributed by atoms with Gasteiger partial charge in [0.1, 0.15) is 6.10 Å². The highest BCUT2D eigenvalue weighted by molar-refractivity contribution is 6.00. The Hall–Kier alpha value is -2.54. The van der Waals surface area contributed by atoms with Gasteiger partial charge in [0, 0.05) is 31.6 Å². The van der Waals surface area contributed by atoms with Crippen molar-refractivity contribution in [2.75, 3.05) is 0 Å². The van der Waals surface area contributed by atoms with E-state index in [9.17, 15) is 30.0 Å². The lowest BCUT2D eigenvalue weighted by Crippen LogP contribution is -2.34. The molecule has 1 aromatic carbocycles. The highest BCUT2D eigenvalue weighted by atomic mass is 16.8. The highest BCUT2D eigenvalue weighted by Crippen LogP contribution is 2.35. The van der Waals surface area contributed by atoms with Crippen molar-refractivity contribution < 1.29 is 34.9 Å². The van der Waals surface area contributed by atoms with Gasteiger partial charge in [-0.15, -0.1) is 0 Å². The molecule has 8 heteroatoms. The van der Waals surface area contributed by atoms with Crippen molar-refractivity contribution >= 4 is 11.8 Å². The van der Waals surface area contributed by atoms with E-state index in [0.29, 0.717) is 37.2 Å². The minimum Gasteiger partial charge on any atom is -0.393 e. The molecule has 0 bridgehead atoms. The van der Waals surface area contributed by atoms with E-state index in [1.807, 2.05) is 42.5 Å². The van der Waals surface area contributed by atoms with Gasteiger partial charge < -0.3 is 20.4 Å². The number of rotatable bonds is 11. The molecule has 6 atom stereocenters. The Morgan fingerprint density at radius 2 is 1.74 bits per heavy atom. The molecule has 35 heavy (non-hydrogen) atoms. The van der Waals surface area contributed by atoms with Crippen molar-refractivity contribution in [2.45, 2.75) is 82.4 Å². The quantitative estimate of drug-likeness (QED) is 0.124. The number of carbonyl (C=O) groups is 2. The first-order chi connectivity index (χ1) is 16.8. The topological polar surface area (TPSA) is 128 Å². The SMILES string of the molecule is O=C1CCC(=O)N1OC(O)CCC/C=C\C[C@@H]1[C@@H](C#C[C@@H](O)CCc2ccccc2)[C@H](O)C[C@@H]1O. The number of amides is 2. The van der Waals surface area contributed by atoms with E-state index in [0.717, 1.165) is 5.56 Å². The van der Waals surface area contributed by atoms with Gasteiger partial charge in [0.25, 0.3) is 11.8 Å². The van der Waals surface area contributed by atoms with Crippen LogP contribution in [-0.4, -0.2) is 61.9 Å². The highest BCUT2D eigenvalue weighted by Gasteiger charge is 2.40. The van der Waals surface area contributed by atoms with E-state index >= 15 is 0 Å². The maximum Gasteiger partial charge on any atom is 0.254 e. The summed E-state index contributed by atoms with van der Waals surface area (Å²) in [5.74, 6) is 4.34. The van der Waals surface area contributed by atoms with E-state index in [1.54, 1.807) is 0 Å². The Labute approximate surface area is 206 Å². The zero-order chi connectivity index (χ0) is 25.2. The molecule has 2 aliphatic rings. The lowest BCUT2D eigenvalue weighted by molar-refractivity contribution is -0.245. The minimum absolute atomic E-state index is 0.105. The van der Waals surface area contributed by atoms with Crippen LogP contribution in [0.3, 0.4) is 0 Å². The molecule has 1 aromatic rings. The predicted molar refractivity (Wildman–Crippen MR) is 128 cm³/mol. The third kappa shape index (κ3) is 8.27. The number of hydrogen-bond acceptors (Lipinski definition) is 7. The second-order valence-electron chi connectivity index (χ2n) is 9.17. The van der Waals surface area contributed by atoms with E-state index in [2.05, 4.69) is 11.8 Å². The third-order valence-electron chi connectivity index (χ3n) is 6.45. The van der Waals surface area contributed by atoms with Crippen LogP contribution in [0, 0.1) is 23.7 Å². The summed E-state index contributed by atoms with van der Waals surface area (Å²) in [4.78, 5) is 28.0. The number of hydroxylamine groups is 2. The lowest BCUT2D eigenvalue weighted by Gasteiger charge is -2.18. The summed E-state index contributed by atoms with van der Waals surface area (Å²) < 4.78 is 0. The van der Waals surface area contributed by atoms with Crippen molar-refractivity contribution in [3.63, 3.8) is 0 Å². The number of aryl methyl sites for hydroxylation is 1. The van der Waals surface area contributed by atoms with Crippen LogP contribution in [0.1, 0.15) is 56.9 Å². The van der Waals surface area contributed by atoms with Crippen LogP contribution in [-0.2, 0) is 20.8 Å². The van der Waals surface area contributed by atoms with Crippen LogP contribution in [0.4, 0.5) is 0 Å². The van der Waals surface area contributed by atoms with Crippen LogP contribution in [0.25, 0.3) is 0 Å². The fourth-order valence-electron chi connectivity index (χ4n) is 4.44. The third-order valence-corrected chi connectivity index (χ3v) is 6.45. The first-order valence-corrected chi connectivity index (χ1v) is 12.3. The average molecular weight is 486 g/mol.